The van der Waals surface area contributed by atoms with Gasteiger partial charge < -0.3 is 15.0 Å². The maximum absolute atomic E-state index is 10.1. The molecule has 4 N–H and O–H groups in total. The van der Waals surface area contributed by atoms with Crippen LogP contribution in [0.5, 0.6) is 0 Å². The number of carbonyl (C=O) groups is 2. The molecule has 0 unspecified atom stereocenters. The van der Waals surface area contributed by atoms with E-state index in [4.69, 9.17) is 25.5 Å². The van der Waals surface area contributed by atoms with Crippen molar-refractivity contribution in [1.82, 2.24) is 0 Å². The number of H-pyrrole nitrogens is 1. The number of rotatable bonds is 1. The number of carbonyl (C=O) groups excluding carboxylic acids is 1. The Labute approximate surface area is 88.3 Å². The molecule has 0 aliphatic rings. The van der Waals surface area contributed by atoms with E-state index in [-0.39, 0.29) is 11.5 Å². The highest BCUT2D eigenvalue weighted by atomic mass is 16.6. The summed E-state index contributed by atoms with van der Waals surface area (Å²) in [5, 5.41) is 26.4. The van der Waals surface area contributed by atoms with Crippen molar-refractivity contribution in [1.29, 1.82) is 0 Å². The second kappa shape index (κ2) is 5.90. The lowest BCUT2D eigenvalue weighted by atomic mass is 10.4. The third-order valence-electron chi connectivity index (χ3n) is 1.24. The first-order chi connectivity index (χ1) is 7.36. The number of hydrogen-bond donors (Lipinski definition) is 2. The second-order valence-electron chi connectivity index (χ2n) is 2.32. The van der Waals surface area contributed by atoms with Crippen LogP contribution in [0.4, 0.5) is 11.5 Å². The van der Waals surface area contributed by atoms with Gasteiger partial charge in [0.2, 0.25) is 0 Å². The number of aromatic nitrogens is 1. The average Bonchev–Trinajstić information content (AvgIpc) is 2.18. The summed E-state index contributed by atoms with van der Waals surface area (Å²) in [6.07, 6.45) is 1.53. The highest BCUT2D eigenvalue weighted by Gasteiger charge is 2.14. The van der Waals surface area contributed by atoms with Crippen LogP contribution in [0.3, 0.4) is 0 Å². The zero-order valence-corrected chi connectivity index (χ0v) is 7.75. The van der Waals surface area contributed by atoms with Gasteiger partial charge >= 0.3 is 17.5 Å². The molecule has 1 aromatic rings. The number of nitrogens with one attached hydrogen (secondary N) is 1. The molecule has 1 aromatic heterocycles. The third-order valence-corrected chi connectivity index (χ3v) is 1.24. The standard InChI is InChI=1S/C5H5N3O2.C2H2O4/c6-5-4(8(9)10)2-1-3-7-5;3-1(4)2(5)6/h1-3H,(H2,6,7);(H,3,4)(H,5,6). The van der Waals surface area contributed by atoms with E-state index >= 15 is 0 Å². The van der Waals surface area contributed by atoms with Gasteiger partial charge in [-0.05, 0) is 6.07 Å². The molecule has 0 radical (unpaired) electrons. The fourth-order valence-corrected chi connectivity index (χ4v) is 0.600. The molecular formula is C7H7N3O6. The highest BCUT2D eigenvalue weighted by Crippen LogP contribution is 2.12. The summed E-state index contributed by atoms with van der Waals surface area (Å²) in [5.41, 5.74) is 5.13. The van der Waals surface area contributed by atoms with E-state index in [1.165, 1.54) is 18.3 Å². The van der Waals surface area contributed by atoms with Crippen LogP contribution >= 0.6 is 0 Å². The molecule has 0 saturated carbocycles. The molecule has 0 saturated heterocycles. The van der Waals surface area contributed by atoms with Crippen molar-refractivity contribution < 1.29 is 29.7 Å². The molecule has 86 valence electrons. The summed E-state index contributed by atoms with van der Waals surface area (Å²) >= 11 is 0. The Morgan fingerprint density at radius 1 is 1.50 bits per heavy atom. The van der Waals surface area contributed by atoms with Crippen molar-refractivity contribution in [2.75, 3.05) is 5.73 Å². The number of anilines is 1. The van der Waals surface area contributed by atoms with E-state index in [1.807, 2.05) is 0 Å². The largest absolute Gasteiger partial charge is 0.539 e. The van der Waals surface area contributed by atoms with Crippen molar-refractivity contribution in [2.45, 2.75) is 0 Å². The smallest absolute Gasteiger partial charge is 0.357 e. The molecule has 0 bridgehead atoms. The molecule has 16 heavy (non-hydrogen) atoms. The van der Waals surface area contributed by atoms with Gasteiger partial charge in [-0.15, -0.1) is 0 Å². The molecule has 0 aliphatic heterocycles. The summed E-state index contributed by atoms with van der Waals surface area (Å²) in [5.74, 6) is -3.93. The number of carboxylic acid groups (broad SMARTS) is 2. The molecule has 0 atom stereocenters. The maximum Gasteiger partial charge on any atom is 0.357 e. The molecule has 0 fully saturated rings. The van der Waals surface area contributed by atoms with Crippen LogP contribution < -0.4 is 15.8 Å². The summed E-state index contributed by atoms with van der Waals surface area (Å²) < 4.78 is 0. The van der Waals surface area contributed by atoms with E-state index in [0.29, 0.717) is 0 Å². The molecule has 0 aliphatic carbocycles. The number of pyridine rings is 1. The first-order valence-corrected chi connectivity index (χ1v) is 3.71. The van der Waals surface area contributed by atoms with E-state index in [9.17, 15) is 10.1 Å². The minimum Gasteiger partial charge on any atom is -0.539 e. The molecule has 0 amide bonds. The van der Waals surface area contributed by atoms with Crippen molar-refractivity contribution in [3.05, 3.63) is 28.4 Å². The highest BCUT2D eigenvalue weighted by molar-refractivity contribution is 6.26. The van der Waals surface area contributed by atoms with Crippen LogP contribution in [0, 0.1) is 10.1 Å². The van der Waals surface area contributed by atoms with E-state index < -0.39 is 16.9 Å². The monoisotopic (exact) mass is 229 g/mol. The van der Waals surface area contributed by atoms with Gasteiger partial charge in [-0.25, -0.2) is 9.78 Å². The summed E-state index contributed by atoms with van der Waals surface area (Å²) in [4.78, 5) is 30.1. The Bertz CT molecular complexity index is 406. The summed E-state index contributed by atoms with van der Waals surface area (Å²) in [6, 6.07) is 2.86. The van der Waals surface area contributed by atoms with Crippen LogP contribution in [0.2, 0.25) is 0 Å². The topological polar surface area (TPSA) is 161 Å². The number of nitrogen functional groups attached to an aromatic ring is 1. The van der Waals surface area contributed by atoms with Crippen LogP contribution in [-0.2, 0) is 9.59 Å². The van der Waals surface area contributed by atoms with E-state index in [2.05, 4.69) is 4.98 Å². The number of hydrogen-bond acceptors (Lipinski definition) is 6. The second-order valence-corrected chi connectivity index (χ2v) is 2.32. The molecule has 1 heterocycles. The minimum atomic E-state index is -2.07. The molecule has 1 rings (SSSR count). The number of carboxylic acids is 2. The van der Waals surface area contributed by atoms with Crippen molar-refractivity contribution in [3.8, 4) is 0 Å². The summed E-state index contributed by atoms with van der Waals surface area (Å²) in [6.45, 7) is 0. The van der Waals surface area contributed by atoms with Gasteiger partial charge in [0, 0.05) is 6.07 Å². The average molecular weight is 229 g/mol. The predicted octanol–water partition coefficient (Wildman–Crippen LogP) is -2.19. The van der Waals surface area contributed by atoms with Gasteiger partial charge in [0.1, 0.15) is 0 Å². The fraction of sp³-hybridized carbons (Fsp3) is 0. The molecule has 0 aromatic carbocycles. The zero-order valence-electron chi connectivity index (χ0n) is 7.75. The predicted molar refractivity (Wildman–Crippen MR) is 46.7 cm³/mol. The molecule has 9 heteroatoms. The Morgan fingerprint density at radius 2 is 2.00 bits per heavy atom. The SMILES string of the molecule is Nc1[nH+]cccc1[N+](=O)[O-].O=C([O-])C(=O)O. The van der Waals surface area contributed by atoms with Crippen LogP contribution in [0.1, 0.15) is 0 Å². The first-order valence-electron chi connectivity index (χ1n) is 3.71. The Balaban J connectivity index is 0.000000325. The lowest BCUT2D eigenvalue weighted by molar-refractivity contribution is -0.409. The van der Waals surface area contributed by atoms with Gasteiger partial charge in [-0.2, -0.15) is 0 Å². The molecule has 0 spiro atoms. The molecular weight excluding hydrogens is 222 g/mol. The molecule has 9 nitrogen and oxygen atoms in total. The van der Waals surface area contributed by atoms with Crippen LogP contribution in [0.15, 0.2) is 18.3 Å². The van der Waals surface area contributed by atoms with Crippen LogP contribution in [-0.4, -0.2) is 22.0 Å². The Morgan fingerprint density at radius 3 is 2.25 bits per heavy atom. The van der Waals surface area contributed by atoms with Crippen molar-refractivity contribution >= 4 is 23.4 Å². The van der Waals surface area contributed by atoms with Gasteiger partial charge in [-0.1, -0.05) is 0 Å². The number of aromatic amines is 1. The number of aliphatic carboxylic acids is 2. The quantitative estimate of drug-likeness (QED) is 0.314. The van der Waals surface area contributed by atoms with Gasteiger partial charge in [0.05, 0.1) is 11.1 Å². The number of nitro groups is 1. The normalized spacial score (nSPS) is 8.50. The van der Waals surface area contributed by atoms with E-state index in [0.717, 1.165) is 0 Å². The van der Waals surface area contributed by atoms with Gasteiger partial charge in [0.15, 0.2) is 5.97 Å². The minimum absolute atomic E-state index is 0.0764. The number of nitrogens with two attached hydrogens (primary N) is 1. The van der Waals surface area contributed by atoms with Crippen molar-refractivity contribution in [3.63, 3.8) is 0 Å². The lowest BCUT2D eigenvalue weighted by Crippen LogP contribution is -2.30. The van der Waals surface area contributed by atoms with Gasteiger partial charge in [0.25, 0.3) is 0 Å². The summed E-state index contributed by atoms with van der Waals surface area (Å²) in [7, 11) is 0. The zero-order chi connectivity index (χ0) is 12.7. The lowest BCUT2D eigenvalue weighted by Gasteiger charge is -1.87. The third kappa shape index (κ3) is 4.50. The van der Waals surface area contributed by atoms with Crippen LogP contribution in [0.25, 0.3) is 0 Å². The Hall–Kier alpha value is -2.71. The maximum atomic E-state index is 10.1. The van der Waals surface area contributed by atoms with Gasteiger partial charge in [-0.3, -0.25) is 15.8 Å². The Kier molecular flexibility index (Phi) is 4.90. The fourth-order valence-electron chi connectivity index (χ4n) is 0.600. The van der Waals surface area contributed by atoms with E-state index in [1.54, 1.807) is 0 Å². The van der Waals surface area contributed by atoms with Crippen molar-refractivity contribution in [2.24, 2.45) is 0 Å². The number of nitrogens with zero attached hydrogens (tertiary/aromatic N) is 1. The first kappa shape index (κ1) is 13.3.